The normalized spacial score (nSPS) is 13.7. The number of phenols is 2. The fourth-order valence-electron chi connectivity index (χ4n) is 4.56. The molecule has 0 fully saturated rings. The van der Waals surface area contributed by atoms with E-state index in [1.165, 1.54) is 0 Å². The number of nitrogens with two attached hydrogens (primary N) is 2. The van der Waals surface area contributed by atoms with Crippen LogP contribution in [0.15, 0.2) is 84.9 Å². The molecule has 0 unspecified atom stereocenters. The summed E-state index contributed by atoms with van der Waals surface area (Å²) in [4.78, 5) is 0. The molecule has 29 heavy (non-hydrogen) atoms. The zero-order valence-corrected chi connectivity index (χ0v) is 15.6. The van der Waals surface area contributed by atoms with Crippen LogP contribution >= 0.6 is 0 Å². The van der Waals surface area contributed by atoms with Crippen LogP contribution in [0.1, 0.15) is 22.3 Å². The molecule has 0 amide bonds. The summed E-state index contributed by atoms with van der Waals surface area (Å²) in [6, 6.07) is 26.5. The lowest BCUT2D eigenvalue weighted by molar-refractivity contribution is 0.474. The summed E-state index contributed by atoms with van der Waals surface area (Å²) in [6.45, 7) is 0. The van der Waals surface area contributed by atoms with E-state index in [4.69, 9.17) is 11.5 Å². The van der Waals surface area contributed by atoms with Gasteiger partial charge in [-0.3, -0.25) is 0 Å². The van der Waals surface area contributed by atoms with Gasteiger partial charge in [-0.2, -0.15) is 0 Å². The number of aromatic hydroxyl groups is 2. The molecule has 0 radical (unpaired) electrons. The van der Waals surface area contributed by atoms with E-state index in [0.29, 0.717) is 11.4 Å². The molecule has 142 valence electrons. The summed E-state index contributed by atoms with van der Waals surface area (Å²) in [5.41, 5.74) is 18.7. The average Bonchev–Trinajstić information content (AvgIpc) is 2.99. The van der Waals surface area contributed by atoms with Gasteiger partial charge in [0.25, 0.3) is 0 Å². The van der Waals surface area contributed by atoms with Crippen molar-refractivity contribution in [2.24, 2.45) is 0 Å². The summed E-state index contributed by atoms with van der Waals surface area (Å²) in [5.74, 6) is 0.368. The Morgan fingerprint density at radius 2 is 0.897 bits per heavy atom. The van der Waals surface area contributed by atoms with E-state index in [-0.39, 0.29) is 11.5 Å². The van der Waals surface area contributed by atoms with E-state index >= 15 is 0 Å². The Kier molecular flexibility index (Phi) is 3.58. The largest absolute Gasteiger partial charge is 0.508 e. The van der Waals surface area contributed by atoms with Gasteiger partial charge in [0.1, 0.15) is 11.5 Å². The molecule has 4 aromatic carbocycles. The Morgan fingerprint density at radius 3 is 1.28 bits per heavy atom. The lowest BCUT2D eigenvalue weighted by atomic mass is 9.67. The maximum Gasteiger partial charge on any atom is 0.116 e. The number of anilines is 2. The molecule has 0 spiro atoms. The maximum atomic E-state index is 10.2. The van der Waals surface area contributed by atoms with E-state index < -0.39 is 5.41 Å². The van der Waals surface area contributed by atoms with Gasteiger partial charge < -0.3 is 21.7 Å². The van der Waals surface area contributed by atoms with Gasteiger partial charge in [0.05, 0.1) is 5.41 Å². The van der Waals surface area contributed by atoms with Crippen molar-refractivity contribution in [3.63, 3.8) is 0 Å². The summed E-state index contributed by atoms with van der Waals surface area (Å²) in [6.07, 6.45) is 0. The van der Waals surface area contributed by atoms with Crippen LogP contribution in [-0.2, 0) is 5.41 Å². The Hall–Kier alpha value is -3.92. The topological polar surface area (TPSA) is 92.5 Å². The number of hydrogen-bond donors (Lipinski definition) is 4. The maximum absolute atomic E-state index is 10.2. The van der Waals surface area contributed by atoms with Crippen LogP contribution in [-0.4, -0.2) is 10.2 Å². The fraction of sp³-hybridized carbons (Fsp3) is 0.0400. The highest BCUT2D eigenvalue weighted by Crippen LogP contribution is 2.57. The fourth-order valence-corrected chi connectivity index (χ4v) is 4.56. The second-order valence-electron chi connectivity index (χ2n) is 7.45. The van der Waals surface area contributed by atoms with E-state index in [0.717, 1.165) is 33.4 Å². The Morgan fingerprint density at radius 1 is 0.517 bits per heavy atom. The smallest absolute Gasteiger partial charge is 0.116 e. The van der Waals surface area contributed by atoms with Crippen molar-refractivity contribution in [1.29, 1.82) is 0 Å². The highest BCUT2D eigenvalue weighted by Gasteiger charge is 2.46. The van der Waals surface area contributed by atoms with Crippen LogP contribution < -0.4 is 11.5 Å². The molecule has 0 aromatic heterocycles. The predicted octanol–water partition coefficient (Wildman–Crippen LogP) is 4.63. The van der Waals surface area contributed by atoms with E-state index in [1.54, 1.807) is 24.3 Å². The van der Waals surface area contributed by atoms with Crippen molar-refractivity contribution in [3.05, 3.63) is 107 Å². The minimum atomic E-state index is -0.618. The summed E-state index contributed by atoms with van der Waals surface area (Å²) in [5, 5.41) is 20.4. The first-order valence-corrected chi connectivity index (χ1v) is 9.39. The van der Waals surface area contributed by atoms with Crippen molar-refractivity contribution in [2.75, 3.05) is 11.5 Å². The molecular formula is C25H20N2O2. The highest BCUT2D eigenvalue weighted by atomic mass is 16.3. The molecule has 4 heteroatoms. The lowest BCUT2D eigenvalue weighted by Gasteiger charge is -2.34. The van der Waals surface area contributed by atoms with Crippen LogP contribution in [0.25, 0.3) is 11.1 Å². The standard InChI is InChI=1S/C25H20N2O2/c26-17-5-1-15(2-6-17)25(16-3-7-18(27)8-4-16)23-11-9-19(28)13-21(23)22-14-20(29)10-12-24(22)25/h1-14,28-29H,26-27H2. The van der Waals surface area contributed by atoms with Crippen molar-refractivity contribution < 1.29 is 10.2 Å². The minimum Gasteiger partial charge on any atom is -0.508 e. The number of rotatable bonds is 2. The molecule has 5 rings (SSSR count). The van der Waals surface area contributed by atoms with Crippen molar-refractivity contribution in [2.45, 2.75) is 5.41 Å². The monoisotopic (exact) mass is 380 g/mol. The Labute approximate surface area is 168 Å². The number of phenolic OH excluding ortho intramolecular Hbond substituents is 2. The third kappa shape index (κ3) is 2.39. The lowest BCUT2D eigenvalue weighted by Crippen LogP contribution is -2.28. The SMILES string of the molecule is Nc1ccc(C2(c3ccc(N)cc3)c3ccc(O)cc3-c3cc(O)ccc32)cc1. The molecule has 1 aliphatic rings. The third-order valence-electron chi connectivity index (χ3n) is 5.79. The molecule has 1 aliphatic carbocycles. The molecule has 0 bridgehead atoms. The van der Waals surface area contributed by atoms with Crippen LogP contribution in [0.4, 0.5) is 11.4 Å². The molecule has 0 aliphatic heterocycles. The first-order chi connectivity index (χ1) is 14.0. The average molecular weight is 380 g/mol. The third-order valence-corrected chi connectivity index (χ3v) is 5.79. The Balaban J connectivity index is 1.95. The van der Waals surface area contributed by atoms with Gasteiger partial charge >= 0.3 is 0 Å². The van der Waals surface area contributed by atoms with E-state index in [1.807, 2.05) is 60.7 Å². The van der Waals surface area contributed by atoms with Gasteiger partial charge in [-0.05, 0) is 81.9 Å². The first-order valence-electron chi connectivity index (χ1n) is 9.39. The van der Waals surface area contributed by atoms with Crippen molar-refractivity contribution >= 4 is 11.4 Å². The van der Waals surface area contributed by atoms with Crippen LogP contribution in [0, 0.1) is 0 Å². The van der Waals surface area contributed by atoms with Crippen molar-refractivity contribution in [3.8, 4) is 22.6 Å². The zero-order chi connectivity index (χ0) is 20.2. The quantitative estimate of drug-likeness (QED) is 0.336. The van der Waals surface area contributed by atoms with Gasteiger partial charge in [0.2, 0.25) is 0 Å². The van der Waals surface area contributed by atoms with E-state index in [2.05, 4.69) is 0 Å². The summed E-state index contributed by atoms with van der Waals surface area (Å²) < 4.78 is 0. The molecule has 4 nitrogen and oxygen atoms in total. The Bertz CT molecular complexity index is 1130. The highest BCUT2D eigenvalue weighted by molar-refractivity contribution is 5.87. The number of benzene rings is 4. The van der Waals surface area contributed by atoms with Crippen LogP contribution in [0.2, 0.25) is 0 Å². The molecule has 0 heterocycles. The van der Waals surface area contributed by atoms with Crippen LogP contribution in [0.3, 0.4) is 0 Å². The van der Waals surface area contributed by atoms with Gasteiger partial charge in [0.15, 0.2) is 0 Å². The molecule has 0 atom stereocenters. The van der Waals surface area contributed by atoms with Gasteiger partial charge in [-0.15, -0.1) is 0 Å². The van der Waals surface area contributed by atoms with Crippen LogP contribution in [0.5, 0.6) is 11.5 Å². The first kappa shape index (κ1) is 17.2. The van der Waals surface area contributed by atoms with Gasteiger partial charge in [0, 0.05) is 11.4 Å². The molecular weight excluding hydrogens is 360 g/mol. The molecule has 0 saturated heterocycles. The molecule has 4 aromatic rings. The van der Waals surface area contributed by atoms with Gasteiger partial charge in [-0.1, -0.05) is 36.4 Å². The summed E-state index contributed by atoms with van der Waals surface area (Å²) in [7, 11) is 0. The molecule has 6 N–H and O–H groups in total. The van der Waals surface area contributed by atoms with E-state index in [9.17, 15) is 10.2 Å². The summed E-state index contributed by atoms with van der Waals surface area (Å²) >= 11 is 0. The minimum absolute atomic E-state index is 0.184. The van der Waals surface area contributed by atoms with Gasteiger partial charge in [-0.25, -0.2) is 0 Å². The second kappa shape index (κ2) is 6.04. The number of nitrogen functional groups attached to an aromatic ring is 2. The number of fused-ring (bicyclic) bond motifs is 3. The van der Waals surface area contributed by atoms with Crippen molar-refractivity contribution in [1.82, 2.24) is 0 Å². The molecule has 0 saturated carbocycles. The second-order valence-corrected chi connectivity index (χ2v) is 7.45. The number of hydrogen-bond acceptors (Lipinski definition) is 4. The predicted molar refractivity (Wildman–Crippen MR) is 116 cm³/mol. The zero-order valence-electron chi connectivity index (χ0n) is 15.6.